The summed E-state index contributed by atoms with van der Waals surface area (Å²) in [6, 6.07) is 37.3. The zero-order valence-electron chi connectivity index (χ0n) is 22.8. The standard InChI is InChI=1S/C37H32O2/c1-23(2)29-16-15-24(3)33-31(22-29)25(4)21-32(33)35-34(26-11-7-5-8-12-26)36(27-13-9-6-10-14-27)39-37(35)28-17-19-30(38)20-18-28/h5-23,38H,1-4H3. The molecular weight excluding hydrogens is 476 g/mol. The van der Waals surface area contributed by atoms with E-state index in [1.807, 2.05) is 36.4 Å². The van der Waals surface area contributed by atoms with E-state index in [4.69, 9.17) is 4.42 Å². The van der Waals surface area contributed by atoms with Crippen LogP contribution in [0, 0.1) is 13.8 Å². The highest BCUT2D eigenvalue weighted by Crippen LogP contribution is 2.52. The number of aryl methyl sites for hydroxylation is 2. The molecule has 2 aliphatic carbocycles. The van der Waals surface area contributed by atoms with Gasteiger partial charge in [-0.3, -0.25) is 0 Å². The van der Waals surface area contributed by atoms with Crippen molar-refractivity contribution in [3.05, 3.63) is 126 Å². The second kappa shape index (κ2) is 9.96. The van der Waals surface area contributed by atoms with Gasteiger partial charge in [-0.15, -0.1) is 0 Å². The van der Waals surface area contributed by atoms with Crippen LogP contribution in [-0.4, -0.2) is 5.11 Å². The Kier molecular flexibility index (Phi) is 6.32. The van der Waals surface area contributed by atoms with Crippen LogP contribution in [0.2, 0.25) is 0 Å². The Morgan fingerprint density at radius 1 is 0.538 bits per heavy atom. The highest BCUT2D eigenvalue weighted by atomic mass is 16.3. The van der Waals surface area contributed by atoms with E-state index in [2.05, 4.69) is 88.4 Å². The van der Waals surface area contributed by atoms with Crippen molar-refractivity contribution in [1.82, 2.24) is 0 Å². The molecule has 1 N–H and O–H groups in total. The lowest BCUT2D eigenvalue weighted by Crippen LogP contribution is -1.87. The number of fused-ring (bicyclic) bond motifs is 1. The van der Waals surface area contributed by atoms with Gasteiger partial charge in [-0.25, -0.2) is 0 Å². The zero-order valence-corrected chi connectivity index (χ0v) is 22.8. The summed E-state index contributed by atoms with van der Waals surface area (Å²) in [5.74, 6) is 2.31. The molecule has 192 valence electrons. The predicted molar refractivity (Wildman–Crippen MR) is 162 cm³/mol. The summed E-state index contributed by atoms with van der Waals surface area (Å²) in [5, 5.41) is 10.1. The summed E-state index contributed by atoms with van der Waals surface area (Å²) < 4.78 is 6.87. The first-order valence-corrected chi connectivity index (χ1v) is 13.5. The normalized spacial score (nSPS) is 11.4. The van der Waals surface area contributed by atoms with Gasteiger partial charge < -0.3 is 9.52 Å². The molecule has 2 heteroatoms. The largest absolute Gasteiger partial charge is 0.508 e. The maximum Gasteiger partial charge on any atom is 0.143 e. The zero-order chi connectivity index (χ0) is 27.1. The Morgan fingerprint density at radius 2 is 1.13 bits per heavy atom. The highest BCUT2D eigenvalue weighted by molar-refractivity contribution is 6.05. The van der Waals surface area contributed by atoms with Crippen molar-refractivity contribution in [2.75, 3.05) is 0 Å². The molecule has 4 aromatic rings. The monoisotopic (exact) mass is 508 g/mol. The summed E-state index contributed by atoms with van der Waals surface area (Å²) in [7, 11) is 0. The Hall–Kier alpha value is -4.56. The van der Waals surface area contributed by atoms with Crippen molar-refractivity contribution < 1.29 is 9.52 Å². The average molecular weight is 509 g/mol. The lowest BCUT2D eigenvalue weighted by molar-refractivity contribution is 0.475. The molecule has 0 fully saturated rings. The fraction of sp³-hybridized carbons (Fsp3) is 0.135. The fourth-order valence-electron chi connectivity index (χ4n) is 5.57. The predicted octanol–water partition coefficient (Wildman–Crippen LogP) is 10.5. The summed E-state index contributed by atoms with van der Waals surface area (Å²) in [5.41, 5.74) is 12.7. The van der Waals surface area contributed by atoms with Crippen molar-refractivity contribution in [1.29, 1.82) is 0 Å². The number of hydrogen-bond acceptors (Lipinski definition) is 2. The molecule has 0 spiro atoms. The third kappa shape index (κ3) is 4.42. The number of hydrogen-bond donors (Lipinski definition) is 1. The maximum atomic E-state index is 10.1. The molecule has 0 bridgehead atoms. The minimum Gasteiger partial charge on any atom is -0.508 e. The molecule has 0 unspecified atom stereocenters. The molecule has 0 saturated carbocycles. The van der Waals surface area contributed by atoms with Crippen LogP contribution in [0.3, 0.4) is 0 Å². The molecule has 0 amide bonds. The summed E-state index contributed by atoms with van der Waals surface area (Å²) in [6.07, 6.45) is 0. The third-order valence-electron chi connectivity index (χ3n) is 7.63. The quantitative estimate of drug-likeness (QED) is 0.251. The molecule has 2 aliphatic rings. The van der Waals surface area contributed by atoms with E-state index < -0.39 is 0 Å². The van der Waals surface area contributed by atoms with Gasteiger partial charge in [0.2, 0.25) is 0 Å². The topological polar surface area (TPSA) is 33.4 Å². The van der Waals surface area contributed by atoms with E-state index in [1.165, 1.54) is 33.4 Å². The van der Waals surface area contributed by atoms with Gasteiger partial charge >= 0.3 is 0 Å². The molecule has 1 heterocycles. The van der Waals surface area contributed by atoms with E-state index >= 15 is 0 Å². The van der Waals surface area contributed by atoms with Crippen molar-refractivity contribution in [3.8, 4) is 61.8 Å². The molecular formula is C37H32O2. The van der Waals surface area contributed by atoms with Crippen molar-refractivity contribution >= 4 is 0 Å². The average Bonchev–Trinajstić information content (AvgIpc) is 3.43. The fourth-order valence-corrected chi connectivity index (χ4v) is 5.57. The van der Waals surface area contributed by atoms with Crippen LogP contribution in [0.5, 0.6) is 5.75 Å². The van der Waals surface area contributed by atoms with Crippen LogP contribution in [-0.2, 0) is 0 Å². The van der Waals surface area contributed by atoms with Crippen molar-refractivity contribution in [2.24, 2.45) is 0 Å². The molecule has 0 radical (unpaired) electrons. The summed E-state index contributed by atoms with van der Waals surface area (Å²) in [6.45, 7) is 8.90. The van der Waals surface area contributed by atoms with Gasteiger partial charge in [0.05, 0.1) is 0 Å². The Morgan fingerprint density at radius 3 is 1.77 bits per heavy atom. The lowest BCUT2D eigenvalue weighted by Gasteiger charge is -2.11. The van der Waals surface area contributed by atoms with Gasteiger partial charge in [0.1, 0.15) is 17.3 Å². The van der Waals surface area contributed by atoms with E-state index in [9.17, 15) is 5.11 Å². The molecule has 0 atom stereocenters. The van der Waals surface area contributed by atoms with E-state index in [-0.39, 0.29) is 5.75 Å². The summed E-state index contributed by atoms with van der Waals surface area (Å²) in [4.78, 5) is 0. The van der Waals surface area contributed by atoms with E-state index in [0.717, 1.165) is 39.3 Å². The molecule has 39 heavy (non-hydrogen) atoms. The van der Waals surface area contributed by atoms with Gasteiger partial charge in [-0.1, -0.05) is 98.8 Å². The third-order valence-corrected chi connectivity index (χ3v) is 7.63. The van der Waals surface area contributed by atoms with E-state index in [0.29, 0.717) is 5.92 Å². The second-order valence-electron chi connectivity index (χ2n) is 10.6. The first-order chi connectivity index (χ1) is 18.9. The van der Waals surface area contributed by atoms with Crippen LogP contribution < -0.4 is 0 Å². The summed E-state index contributed by atoms with van der Waals surface area (Å²) >= 11 is 0. The smallest absolute Gasteiger partial charge is 0.143 e. The minimum atomic E-state index is 0.233. The number of benzene rings is 3. The second-order valence-corrected chi connectivity index (χ2v) is 10.6. The Balaban J connectivity index is 1.75. The van der Waals surface area contributed by atoms with Gasteiger partial charge in [-0.05, 0) is 83.0 Å². The van der Waals surface area contributed by atoms with Crippen LogP contribution in [0.4, 0.5) is 0 Å². The first-order valence-electron chi connectivity index (χ1n) is 13.5. The highest BCUT2D eigenvalue weighted by Gasteiger charge is 2.29. The van der Waals surface area contributed by atoms with E-state index in [1.54, 1.807) is 12.1 Å². The van der Waals surface area contributed by atoms with Crippen LogP contribution in [0.1, 0.15) is 36.5 Å². The minimum absolute atomic E-state index is 0.233. The Labute approximate surface area is 230 Å². The molecule has 0 saturated heterocycles. The molecule has 0 aliphatic heterocycles. The number of rotatable bonds is 5. The maximum absolute atomic E-state index is 10.1. The van der Waals surface area contributed by atoms with Crippen LogP contribution in [0.25, 0.3) is 56.0 Å². The molecule has 6 rings (SSSR count). The number of phenolic OH excluding ortho intramolecular Hbond substituents is 1. The van der Waals surface area contributed by atoms with Gasteiger partial charge in [0, 0.05) is 22.3 Å². The number of phenols is 1. The molecule has 3 aromatic carbocycles. The van der Waals surface area contributed by atoms with Crippen LogP contribution >= 0.6 is 0 Å². The van der Waals surface area contributed by atoms with Gasteiger partial charge in [0.15, 0.2) is 0 Å². The number of aromatic hydroxyl groups is 1. The van der Waals surface area contributed by atoms with Crippen molar-refractivity contribution in [3.63, 3.8) is 0 Å². The SMILES string of the molecule is Cc1cc(-c2c(-c3ccc(O)cc3)oc(-c3ccccc3)c2-c2ccccc2)c2c(C)ccc(C(C)C)cc1-2. The Bertz CT molecular complexity index is 1720. The van der Waals surface area contributed by atoms with Gasteiger partial charge in [0.25, 0.3) is 0 Å². The van der Waals surface area contributed by atoms with Crippen LogP contribution in [0.15, 0.2) is 114 Å². The van der Waals surface area contributed by atoms with Crippen molar-refractivity contribution in [2.45, 2.75) is 33.6 Å². The number of furan rings is 1. The van der Waals surface area contributed by atoms with Gasteiger partial charge in [-0.2, -0.15) is 0 Å². The first kappa shape index (κ1) is 24.8. The molecule has 1 aromatic heterocycles. The lowest BCUT2D eigenvalue weighted by atomic mass is 9.89. The molecule has 2 nitrogen and oxygen atoms in total.